The molecular weight excluding hydrogens is 205 g/mol. The fourth-order valence-corrected chi connectivity index (χ4v) is 1.42. The van der Waals surface area contributed by atoms with E-state index in [0.717, 1.165) is 0 Å². The molecule has 0 amide bonds. The van der Waals surface area contributed by atoms with Gasteiger partial charge in [-0.15, -0.1) is 0 Å². The monoisotopic (exact) mass is 213 g/mol. The van der Waals surface area contributed by atoms with Crippen LogP contribution in [0, 0.1) is 24.1 Å². The summed E-state index contributed by atoms with van der Waals surface area (Å²) in [6.07, 6.45) is 0.0141. The van der Waals surface area contributed by atoms with Crippen molar-refractivity contribution in [2.75, 3.05) is 7.11 Å². The van der Waals surface area contributed by atoms with Crippen LogP contribution in [0.2, 0.25) is 5.02 Å². The number of hydrogen-bond acceptors (Lipinski definition) is 2. The summed E-state index contributed by atoms with van der Waals surface area (Å²) < 4.78 is 18.4. The van der Waals surface area contributed by atoms with Gasteiger partial charge in [-0.05, 0) is 12.5 Å². The van der Waals surface area contributed by atoms with E-state index in [2.05, 4.69) is 0 Å². The van der Waals surface area contributed by atoms with Crippen LogP contribution in [0.3, 0.4) is 0 Å². The summed E-state index contributed by atoms with van der Waals surface area (Å²) in [5, 5.41) is 8.73. The first-order valence-electron chi connectivity index (χ1n) is 4.00. The number of aryl methyl sites for hydroxylation is 1. The maximum atomic E-state index is 13.5. The molecule has 74 valence electrons. The number of benzene rings is 1. The molecule has 1 aromatic rings. The van der Waals surface area contributed by atoms with Gasteiger partial charge in [0.05, 0.1) is 24.6 Å². The van der Waals surface area contributed by atoms with Gasteiger partial charge in [0.25, 0.3) is 0 Å². The average molecular weight is 214 g/mol. The highest BCUT2D eigenvalue weighted by molar-refractivity contribution is 6.32. The van der Waals surface area contributed by atoms with Crippen LogP contribution in [0.25, 0.3) is 0 Å². The topological polar surface area (TPSA) is 33.0 Å². The molecule has 0 heterocycles. The largest absolute Gasteiger partial charge is 0.492 e. The third-order valence-electron chi connectivity index (χ3n) is 1.89. The standard InChI is InChI=1S/C10H9ClFNO/c1-6-5-7(3-4-13)9(12)10(14-2)8(6)11/h5H,3H2,1-2H3. The van der Waals surface area contributed by atoms with Gasteiger partial charge >= 0.3 is 0 Å². The first-order chi connectivity index (χ1) is 6.61. The lowest BCUT2D eigenvalue weighted by atomic mass is 10.1. The van der Waals surface area contributed by atoms with E-state index in [-0.39, 0.29) is 17.2 Å². The molecule has 0 N–H and O–H groups in total. The van der Waals surface area contributed by atoms with Crippen molar-refractivity contribution in [1.29, 1.82) is 5.26 Å². The Morgan fingerprint density at radius 2 is 2.29 bits per heavy atom. The summed E-state index contributed by atoms with van der Waals surface area (Å²) in [6.45, 7) is 1.74. The van der Waals surface area contributed by atoms with Gasteiger partial charge in [0.2, 0.25) is 0 Å². The first kappa shape index (κ1) is 10.8. The molecule has 0 aliphatic carbocycles. The molecule has 1 rings (SSSR count). The Balaban J connectivity index is 3.36. The number of ether oxygens (including phenoxy) is 1. The minimum atomic E-state index is -0.551. The minimum Gasteiger partial charge on any atom is -0.492 e. The Kier molecular flexibility index (Phi) is 3.32. The number of halogens is 2. The smallest absolute Gasteiger partial charge is 0.173 e. The zero-order valence-electron chi connectivity index (χ0n) is 7.90. The first-order valence-corrected chi connectivity index (χ1v) is 4.38. The SMILES string of the molecule is COc1c(F)c(CC#N)cc(C)c1Cl. The second-order valence-electron chi connectivity index (χ2n) is 2.85. The molecule has 0 radical (unpaired) electrons. The lowest BCUT2D eigenvalue weighted by Gasteiger charge is -2.09. The van der Waals surface area contributed by atoms with Crippen LogP contribution in [0.15, 0.2) is 6.07 Å². The van der Waals surface area contributed by atoms with Gasteiger partial charge in [-0.2, -0.15) is 5.26 Å². The van der Waals surface area contributed by atoms with Gasteiger partial charge in [-0.1, -0.05) is 17.7 Å². The number of hydrogen-bond donors (Lipinski definition) is 0. The molecule has 14 heavy (non-hydrogen) atoms. The summed E-state index contributed by atoms with van der Waals surface area (Å²) in [4.78, 5) is 0. The molecule has 2 nitrogen and oxygen atoms in total. The van der Waals surface area contributed by atoms with E-state index < -0.39 is 5.82 Å². The quantitative estimate of drug-likeness (QED) is 0.757. The van der Waals surface area contributed by atoms with Gasteiger partial charge in [-0.25, -0.2) is 4.39 Å². The molecule has 0 aromatic heterocycles. The van der Waals surface area contributed by atoms with Crippen LogP contribution in [0.4, 0.5) is 4.39 Å². The number of nitrogens with zero attached hydrogens (tertiary/aromatic N) is 1. The second-order valence-corrected chi connectivity index (χ2v) is 3.23. The average Bonchev–Trinajstić information content (AvgIpc) is 2.16. The van der Waals surface area contributed by atoms with Gasteiger partial charge in [0, 0.05) is 5.56 Å². The van der Waals surface area contributed by atoms with Gasteiger partial charge in [0.15, 0.2) is 11.6 Å². The molecule has 0 aliphatic rings. The van der Waals surface area contributed by atoms with Crippen LogP contribution in [-0.4, -0.2) is 7.11 Å². The molecule has 4 heteroatoms. The van der Waals surface area contributed by atoms with Crippen molar-refractivity contribution >= 4 is 11.6 Å². The number of rotatable bonds is 2. The molecule has 0 saturated carbocycles. The zero-order chi connectivity index (χ0) is 10.7. The third kappa shape index (κ3) is 1.80. The van der Waals surface area contributed by atoms with E-state index in [1.807, 2.05) is 6.07 Å². The summed E-state index contributed by atoms with van der Waals surface area (Å²) in [5.41, 5.74) is 1.02. The maximum absolute atomic E-state index is 13.5. The lowest BCUT2D eigenvalue weighted by Crippen LogP contribution is -1.97. The van der Waals surface area contributed by atoms with E-state index in [0.29, 0.717) is 11.1 Å². The van der Waals surface area contributed by atoms with Crippen molar-refractivity contribution in [1.82, 2.24) is 0 Å². The molecule has 0 aliphatic heterocycles. The van der Waals surface area contributed by atoms with Crippen LogP contribution in [0.1, 0.15) is 11.1 Å². The summed E-state index contributed by atoms with van der Waals surface area (Å²) in [6, 6.07) is 3.44. The van der Waals surface area contributed by atoms with Crippen molar-refractivity contribution in [2.45, 2.75) is 13.3 Å². The molecule has 0 bridgehead atoms. The molecule has 0 fully saturated rings. The minimum absolute atomic E-state index is 0.0110. The van der Waals surface area contributed by atoms with Crippen LogP contribution < -0.4 is 4.74 Å². The van der Waals surface area contributed by atoms with Crippen molar-refractivity contribution in [2.24, 2.45) is 0 Å². The third-order valence-corrected chi connectivity index (χ3v) is 2.36. The Morgan fingerprint density at radius 3 is 2.79 bits per heavy atom. The Bertz CT molecular complexity index is 398. The summed E-state index contributed by atoms with van der Waals surface area (Å²) in [5.74, 6) is -0.540. The number of nitriles is 1. The van der Waals surface area contributed by atoms with Crippen molar-refractivity contribution in [3.63, 3.8) is 0 Å². The predicted octanol–water partition coefficient (Wildman–Crippen LogP) is 2.86. The molecule has 0 atom stereocenters. The molecule has 1 aromatic carbocycles. The van der Waals surface area contributed by atoms with Gasteiger partial charge in [0.1, 0.15) is 0 Å². The molecule has 0 saturated heterocycles. The lowest BCUT2D eigenvalue weighted by molar-refractivity contribution is 0.384. The van der Waals surface area contributed by atoms with E-state index in [4.69, 9.17) is 21.6 Å². The van der Waals surface area contributed by atoms with E-state index in [9.17, 15) is 4.39 Å². The Morgan fingerprint density at radius 1 is 1.64 bits per heavy atom. The van der Waals surface area contributed by atoms with Crippen molar-refractivity contribution in [3.8, 4) is 11.8 Å². The highest BCUT2D eigenvalue weighted by Gasteiger charge is 2.15. The van der Waals surface area contributed by atoms with Gasteiger partial charge < -0.3 is 4.74 Å². The predicted molar refractivity (Wildman–Crippen MR) is 52.0 cm³/mol. The molecule has 0 unspecified atom stereocenters. The maximum Gasteiger partial charge on any atom is 0.173 e. The normalized spacial score (nSPS) is 9.64. The Labute approximate surface area is 86.9 Å². The zero-order valence-corrected chi connectivity index (χ0v) is 8.65. The van der Waals surface area contributed by atoms with Crippen molar-refractivity contribution < 1.29 is 9.13 Å². The fourth-order valence-electron chi connectivity index (χ4n) is 1.20. The van der Waals surface area contributed by atoms with Crippen LogP contribution >= 0.6 is 11.6 Å². The van der Waals surface area contributed by atoms with E-state index in [1.54, 1.807) is 13.0 Å². The highest BCUT2D eigenvalue weighted by atomic mass is 35.5. The van der Waals surface area contributed by atoms with Crippen molar-refractivity contribution in [3.05, 3.63) is 28.0 Å². The molecule has 0 spiro atoms. The van der Waals surface area contributed by atoms with E-state index in [1.165, 1.54) is 7.11 Å². The highest BCUT2D eigenvalue weighted by Crippen LogP contribution is 2.33. The van der Waals surface area contributed by atoms with Crippen LogP contribution in [-0.2, 0) is 6.42 Å². The number of methoxy groups -OCH3 is 1. The van der Waals surface area contributed by atoms with Gasteiger partial charge in [-0.3, -0.25) is 0 Å². The van der Waals surface area contributed by atoms with E-state index >= 15 is 0 Å². The van der Waals surface area contributed by atoms with Crippen LogP contribution in [0.5, 0.6) is 5.75 Å². The molecular formula is C10H9ClFNO. The fraction of sp³-hybridized carbons (Fsp3) is 0.300. The second kappa shape index (κ2) is 4.30. The summed E-state index contributed by atoms with van der Waals surface area (Å²) >= 11 is 5.82. The Hall–Kier alpha value is -1.27. The summed E-state index contributed by atoms with van der Waals surface area (Å²) in [7, 11) is 1.35.